The molecule has 1 saturated carbocycles. The Kier molecular flexibility index (Phi) is 6.49. The lowest BCUT2D eigenvalue weighted by Gasteiger charge is -2.48. The largest absolute Gasteiger partial charge is 0.361 e. The molecule has 2 aliphatic carbocycles. The number of carbonyl (C=O) groups is 2. The Balaban J connectivity index is 1.41. The molecule has 0 unspecified atom stereocenters. The van der Waals surface area contributed by atoms with Gasteiger partial charge in [0.25, 0.3) is 0 Å². The van der Waals surface area contributed by atoms with Crippen molar-refractivity contribution in [3.63, 3.8) is 0 Å². The van der Waals surface area contributed by atoms with E-state index in [-0.39, 0.29) is 11.8 Å². The standard InChI is InChI=1S/C27H35N3O4/c1-20(31)30(16-11-21-19-28-24-10-6-5-9-23(21)24)26(25(32)29-22-7-3-2-4-8-22)12-14-27(15-13-26)33-17-18-34-27/h5-7,9-10,19,28H,2-4,8,11-18H2,1H3,(H,29,32). The highest BCUT2D eigenvalue weighted by molar-refractivity contribution is 5.92. The number of fused-ring (bicyclic) bond motifs is 1. The zero-order valence-electron chi connectivity index (χ0n) is 20.0. The lowest BCUT2D eigenvalue weighted by Crippen LogP contribution is -2.63. The topological polar surface area (TPSA) is 83.7 Å². The number of aromatic nitrogens is 1. The second-order valence-corrected chi connectivity index (χ2v) is 9.85. The molecule has 5 rings (SSSR count). The minimum atomic E-state index is -0.906. The van der Waals surface area contributed by atoms with Gasteiger partial charge >= 0.3 is 0 Å². The molecule has 1 aliphatic heterocycles. The van der Waals surface area contributed by atoms with Gasteiger partial charge in [-0.2, -0.15) is 0 Å². The second kappa shape index (κ2) is 9.55. The van der Waals surface area contributed by atoms with Crippen molar-refractivity contribution in [2.75, 3.05) is 19.8 Å². The molecule has 34 heavy (non-hydrogen) atoms. The predicted molar refractivity (Wildman–Crippen MR) is 130 cm³/mol. The van der Waals surface area contributed by atoms with E-state index in [2.05, 4.69) is 28.5 Å². The van der Waals surface area contributed by atoms with Crippen LogP contribution in [0.15, 0.2) is 42.2 Å². The fourth-order valence-corrected chi connectivity index (χ4v) is 5.91. The van der Waals surface area contributed by atoms with Crippen LogP contribution in [0.1, 0.15) is 63.9 Å². The van der Waals surface area contributed by atoms with Gasteiger partial charge in [-0.25, -0.2) is 0 Å². The van der Waals surface area contributed by atoms with Gasteiger partial charge in [0, 0.05) is 49.1 Å². The van der Waals surface area contributed by atoms with Crippen molar-refractivity contribution in [3.05, 3.63) is 47.8 Å². The number of benzene rings is 1. The molecule has 2 N–H and O–H groups in total. The molecule has 1 saturated heterocycles. The number of aromatic amines is 1. The first-order valence-electron chi connectivity index (χ1n) is 12.6. The summed E-state index contributed by atoms with van der Waals surface area (Å²) in [4.78, 5) is 32.1. The van der Waals surface area contributed by atoms with Crippen LogP contribution in [-0.4, -0.2) is 52.8 Å². The van der Waals surface area contributed by atoms with Crippen LogP contribution in [0.4, 0.5) is 0 Å². The molecule has 2 heterocycles. The molecule has 2 aromatic rings. The third-order valence-electron chi connectivity index (χ3n) is 7.82. The molecular formula is C27H35N3O4. The van der Waals surface area contributed by atoms with Crippen molar-refractivity contribution in [1.29, 1.82) is 0 Å². The molecule has 0 bridgehead atoms. The number of allylic oxidation sites excluding steroid dienone is 2. The predicted octanol–water partition coefficient (Wildman–Crippen LogP) is 4.19. The Hall–Kier alpha value is -2.64. The molecule has 0 radical (unpaired) electrons. The van der Waals surface area contributed by atoms with E-state index in [1.165, 1.54) is 0 Å². The summed E-state index contributed by atoms with van der Waals surface area (Å²) < 4.78 is 11.9. The van der Waals surface area contributed by atoms with Crippen LogP contribution in [0.25, 0.3) is 10.9 Å². The van der Waals surface area contributed by atoms with Gasteiger partial charge in [0.1, 0.15) is 5.54 Å². The minimum absolute atomic E-state index is 0.0670. The van der Waals surface area contributed by atoms with E-state index < -0.39 is 11.3 Å². The molecule has 182 valence electrons. The van der Waals surface area contributed by atoms with Gasteiger partial charge in [-0.05, 0) is 56.6 Å². The number of ether oxygens (including phenoxy) is 2. The maximum Gasteiger partial charge on any atom is 0.250 e. The lowest BCUT2D eigenvalue weighted by molar-refractivity contribution is -0.197. The van der Waals surface area contributed by atoms with Crippen molar-refractivity contribution in [2.45, 2.75) is 76.0 Å². The van der Waals surface area contributed by atoms with E-state index in [0.29, 0.717) is 51.9 Å². The molecule has 7 heteroatoms. The van der Waals surface area contributed by atoms with Crippen LogP contribution in [0.3, 0.4) is 0 Å². The number of carbonyl (C=O) groups excluding carboxylic acids is 2. The third-order valence-corrected chi connectivity index (χ3v) is 7.82. The number of hydrogen-bond acceptors (Lipinski definition) is 4. The van der Waals surface area contributed by atoms with Gasteiger partial charge in [0.15, 0.2) is 5.79 Å². The molecule has 2 fully saturated rings. The summed E-state index contributed by atoms with van der Waals surface area (Å²) in [6.07, 6.45) is 11.2. The van der Waals surface area contributed by atoms with Crippen LogP contribution in [0, 0.1) is 0 Å². The number of hydrogen-bond donors (Lipinski definition) is 2. The fourth-order valence-electron chi connectivity index (χ4n) is 5.91. The number of nitrogens with one attached hydrogen (secondary N) is 2. The van der Waals surface area contributed by atoms with E-state index in [0.717, 1.165) is 47.8 Å². The van der Waals surface area contributed by atoms with E-state index in [4.69, 9.17) is 9.47 Å². The SMILES string of the molecule is CC(=O)N(CCc1c[nH]c2ccccc12)C1(C(=O)NC2=CCCCC2)CCC2(CC1)OCCO2. The molecule has 0 atom stereocenters. The van der Waals surface area contributed by atoms with Crippen LogP contribution in [0.2, 0.25) is 0 Å². The van der Waals surface area contributed by atoms with E-state index in [9.17, 15) is 9.59 Å². The third kappa shape index (κ3) is 4.39. The van der Waals surface area contributed by atoms with E-state index in [1.807, 2.05) is 23.2 Å². The summed E-state index contributed by atoms with van der Waals surface area (Å²) in [7, 11) is 0. The van der Waals surface area contributed by atoms with Crippen molar-refractivity contribution < 1.29 is 19.1 Å². The summed E-state index contributed by atoms with van der Waals surface area (Å²) in [6.45, 7) is 3.24. The maximum atomic E-state index is 13.9. The second-order valence-electron chi connectivity index (χ2n) is 9.85. The number of para-hydroxylation sites is 1. The minimum Gasteiger partial charge on any atom is -0.361 e. The lowest BCUT2D eigenvalue weighted by atomic mass is 9.76. The number of amides is 2. The first kappa shape index (κ1) is 23.1. The quantitative estimate of drug-likeness (QED) is 0.670. The van der Waals surface area contributed by atoms with Crippen molar-refractivity contribution in [3.8, 4) is 0 Å². The summed E-state index contributed by atoms with van der Waals surface area (Å²) >= 11 is 0. The summed E-state index contributed by atoms with van der Waals surface area (Å²) in [5.41, 5.74) is 2.32. The Bertz CT molecular complexity index is 1070. The molecular weight excluding hydrogens is 430 g/mol. The number of nitrogens with zero attached hydrogens (tertiary/aromatic N) is 1. The van der Waals surface area contributed by atoms with Gasteiger partial charge in [0.2, 0.25) is 11.8 Å². The van der Waals surface area contributed by atoms with Gasteiger partial charge in [-0.3, -0.25) is 9.59 Å². The molecule has 1 aromatic heterocycles. The number of H-pyrrole nitrogens is 1. The fraction of sp³-hybridized carbons (Fsp3) is 0.556. The smallest absolute Gasteiger partial charge is 0.250 e. The first-order chi connectivity index (χ1) is 16.5. The van der Waals surface area contributed by atoms with Gasteiger partial charge in [-0.1, -0.05) is 24.3 Å². The summed E-state index contributed by atoms with van der Waals surface area (Å²) in [5, 5.41) is 4.37. The Labute approximate surface area is 200 Å². The first-order valence-corrected chi connectivity index (χ1v) is 12.6. The zero-order valence-corrected chi connectivity index (χ0v) is 20.0. The van der Waals surface area contributed by atoms with Crippen LogP contribution in [0.5, 0.6) is 0 Å². The molecule has 1 spiro atoms. The van der Waals surface area contributed by atoms with Crippen LogP contribution < -0.4 is 5.32 Å². The molecule has 1 aromatic carbocycles. The van der Waals surface area contributed by atoms with E-state index in [1.54, 1.807) is 6.92 Å². The Morgan fingerprint density at radius 1 is 1.09 bits per heavy atom. The highest BCUT2D eigenvalue weighted by Crippen LogP contribution is 2.43. The van der Waals surface area contributed by atoms with Crippen molar-refractivity contribution in [1.82, 2.24) is 15.2 Å². The van der Waals surface area contributed by atoms with Crippen LogP contribution >= 0.6 is 0 Å². The molecule has 3 aliphatic rings. The summed E-state index contributed by atoms with van der Waals surface area (Å²) in [5.74, 6) is -0.743. The zero-order chi connectivity index (χ0) is 23.6. The van der Waals surface area contributed by atoms with Crippen molar-refractivity contribution in [2.24, 2.45) is 0 Å². The Morgan fingerprint density at radius 2 is 1.85 bits per heavy atom. The molecule has 7 nitrogen and oxygen atoms in total. The van der Waals surface area contributed by atoms with Gasteiger partial charge in [0.05, 0.1) is 13.2 Å². The summed E-state index contributed by atoms with van der Waals surface area (Å²) in [6, 6.07) is 8.18. The van der Waals surface area contributed by atoms with Gasteiger partial charge in [-0.15, -0.1) is 0 Å². The monoisotopic (exact) mass is 465 g/mol. The Morgan fingerprint density at radius 3 is 2.56 bits per heavy atom. The van der Waals surface area contributed by atoms with Gasteiger partial charge < -0.3 is 24.7 Å². The van der Waals surface area contributed by atoms with Crippen molar-refractivity contribution >= 4 is 22.7 Å². The van der Waals surface area contributed by atoms with E-state index >= 15 is 0 Å². The highest BCUT2D eigenvalue weighted by atomic mass is 16.7. The number of rotatable bonds is 6. The molecule has 2 amide bonds. The highest BCUT2D eigenvalue weighted by Gasteiger charge is 2.53. The normalized spacial score (nSPS) is 21.4. The maximum absolute atomic E-state index is 13.9. The average Bonchev–Trinajstić information content (AvgIpc) is 3.48. The van der Waals surface area contributed by atoms with Crippen LogP contribution in [-0.2, 0) is 25.5 Å². The average molecular weight is 466 g/mol.